The Balaban J connectivity index is 0.000000882. The molecular formula is C18H24Cl2O2. The third-order valence-corrected chi connectivity index (χ3v) is 6.09. The molecule has 4 aliphatic carbocycles. The maximum Gasteiger partial charge on any atom is 0.303 e. The van der Waals surface area contributed by atoms with Gasteiger partial charge >= 0.3 is 5.97 Å². The SMILES string of the molecule is Cl.Cl.O=C(O)CC12CC3CC(C1)CC(c1ccccc1)(C3)C2. The highest BCUT2D eigenvalue weighted by molar-refractivity contribution is 5.85. The molecule has 1 N–H and O–H groups in total. The van der Waals surface area contributed by atoms with Crippen LogP contribution in [0.15, 0.2) is 30.3 Å². The highest BCUT2D eigenvalue weighted by Gasteiger charge is 2.58. The van der Waals surface area contributed by atoms with Crippen LogP contribution in [0.2, 0.25) is 0 Å². The third-order valence-electron chi connectivity index (χ3n) is 6.09. The Labute approximate surface area is 144 Å². The van der Waals surface area contributed by atoms with E-state index in [9.17, 15) is 9.90 Å². The number of hydrogen-bond acceptors (Lipinski definition) is 1. The molecule has 0 heterocycles. The molecule has 2 nitrogen and oxygen atoms in total. The van der Waals surface area contributed by atoms with Gasteiger partial charge < -0.3 is 5.11 Å². The monoisotopic (exact) mass is 342 g/mol. The van der Waals surface area contributed by atoms with Crippen molar-refractivity contribution in [2.24, 2.45) is 17.3 Å². The molecule has 4 fully saturated rings. The maximum atomic E-state index is 11.3. The molecule has 4 aliphatic rings. The number of benzene rings is 1. The van der Waals surface area contributed by atoms with Gasteiger partial charge in [-0.25, -0.2) is 0 Å². The minimum atomic E-state index is -0.602. The Bertz CT molecular complexity index is 529. The van der Waals surface area contributed by atoms with Crippen molar-refractivity contribution >= 4 is 30.8 Å². The smallest absolute Gasteiger partial charge is 0.303 e. The van der Waals surface area contributed by atoms with Crippen LogP contribution in [0, 0.1) is 17.3 Å². The quantitative estimate of drug-likeness (QED) is 0.852. The summed E-state index contributed by atoms with van der Waals surface area (Å²) < 4.78 is 0. The van der Waals surface area contributed by atoms with E-state index < -0.39 is 5.97 Å². The Morgan fingerprint density at radius 1 is 1.05 bits per heavy atom. The van der Waals surface area contributed by atoms with E-state index in [4.69, 9.17) is 0 Å². The van der Waals surface area contributed by atoms with E-state index in [0.717, 1.165) is 31.1 Å². The summed E-state index contributed by atoms with van der Waals surface area (Å²) in [4.78, 5) is 11.3. The molecule has 4 heteroatoms. The average Bonchev–Trinajstić information content (AvgIpc) is 2.36. The van der Waals surface area contributed by atoms with Gasteiger partial charge in [0.15, 0.2) is 0 Å². The van der Waals surface area contributed by atoms with Gasteiger partial charge in [0.1, 0.15) is 0 Å². The molecular weight excluding hydrogens is 319 g/mol. The van der Waals surface area contributed by atoms with E-state index in [1.165, 1.54) is 24.8 Å². The zero-order chi connectivity index (χ0) is 13.8. The number of halogens is 2. The summed E-state index contributed by atoms with van der Waals surface area (Å²) in [6.45, 7) is 0. The van der Waals surface area contributed by atoms with Gasteiger partial charge in [-0.15, -0.1) is 24.8 Å². The fourth-order valence-electron chi connectivity index (χ4n) is 6.11. The number of aliphatic carboxylic acids is 1. The summed E-state index contributed by atoms with van der Waals surface area (Å²) in [5.74, 6) is 0.918. The number of rotatable bonds is 3. The number of carboxylic acids is 1. The van der Waals surface area contributed by atoms with E-state index in [1.807, 2.05) is 0 Å². The predicted octanol–water partition coefficient (Wildman–Crippen LogP) is 4.84. The van der Waals surface area contributed by atoms with Crippen LogP contribution in [-0.4, -0.2) is 11.1 Å². The van der Waals surface area contributed by atoms with Gasteiger partial charge in [-0.3, -0.25) is 4.79 Å². The first-order valence-electron chi connectivity index (χ1n) is 7.87. The summed E-state index contributed by atoms with van der Waals surface area (Å²) in [7, 11) is 0. The van der Waals surface area contributed by atoms with Gasteiger partial charge in [0.2, 0.25) is 0 Å². The second-order valence-electron chi connectivity index (χ2n) is 7.68. The van der Waals surface area contributed by atoms with Crippen LogP contribution in [0.25, 0.3) is 0 Å². The van der Waals surface area contributed by atoms with Crippen LogP contribution >= 0.6 is 24.8 Å². The van der Waals surface area contributed by atoms with Gasteiger partial charge in [-0.05, 0) is 66.8 Å². The van der Waals surface area contributed by atoms with Crippen molar-refractivity contribution in [3.8, 4) is 0 Å². The molecule has 0 aromatic heterocycles. The normalized spacial score (nSPS) is 38.0. The van der Waals surface area contributed by atoms with Crippen LogP contribution in [-0.2, 0) is 10.2 Å². The lowest BCUT2D eigenvalue weighted by atomic mass is 9.42. The summed E-state index contributed by atoms with van der Waals surface area (Å²) in [5, 5.41) is 9.33. The standard InChI is InChI=1S/C18H22O2.2ClH/c19-16(20)11-17-7-13-6-14(8-17)10-18(9-13,12-17)15-4-2-1-3-5-15;;/h1-5,13-14H,6-12H2,(H,19,20);2*1H. The Kier molecular flexibility index (Phi) is 4.85. The second kappa shape index (κ2) is 6.05. The van der Waals surface area contributed by atoms with Gasteiger partial charge in [-0.2, -0.15) is 0 Å². The molecule has 4 bridgehead atoms. The zero-order valence-electron chi connectivity index (χ0n) is 12.7. The molecule has 4 saturated carbocycles. The van der Waals surface area contributed by atoms with Gasteiger partial charge in [0.05, 0.1) is 6.42 Å². The lowest BCUT2D eigenvalue weighted by molar-refractivity contribution is -0.146. The van der Waals surface area contributed by atoms with E-state index in [0.29, 0.717) is 6.42 Å². The van der Waals surface area contributed by atoms with E-state index in [-0.39, 0.29) is 35.6 Å². The molecule has 1 aromatic rings. The molecule has 0 spiro atoms. The molecule has 0 radical (unpaired) electrons. The molecule has 122 valence electrons. The summed E-state index contributed by atoms with van der Waals surface area (Å²) in [6, 6.07) is 10.9. The fraction of sp³-hybridized carbons (Fsp3) is 0.611. The van der Waals surface area contributed by atoms with Crippen molar-refractivity contribution in [3.05, 3.63) is 35.9 Å². The summed E-state index contributed by atoms with van der Waals surface area (Å²) >= 11 is 0. The third kappa shape index (κ3) is 2.76. The van der Waals surface area contributed by atoms with Crippen molar-refractivity contribution in [1.82, 2.24) is 0 Å². The molecule has 22 heavy (non-hydrogen) atoms. The lowest BCUT2D eigenvalue weighted by Gasteiger charge is -2.62. The molecule has 0 saturated heterocycles. The minimum absolute atomic E-state index is 0. The van der Waals surface area contributed by atoms with Gasteiger partial charge in [0.25, 0.3) is 0 Å². The van der Waals surface area contributed by atoms with E-state index in [2.05, 4.69) is 30.3 Å². The van der Waals surface area contributed by atoms with Gasteiger partial charge in [-0.1, -0.05) is 30.3 Å². The van der Waals surface area contributed by atoms with Gasteiger partial charge in [0, 0.05) is 0 Å². The highest BCUT2D eigenvalue weighted by Crippen LogP contribution is 2.66. The Morgan fingerprint density at radius 3 is 2.18 bits per heavy atom. The first kappa shape index (κ1) is 17.6. The fourth-order valence-corrected chi connectivity index (χ4v) is 6.11. The molecule has 2 unspecified atom stereocenters. The lowest BCUT2D eigenvalue weighted by Crippen LogP contribution is -2.54. The predicted molar refractivity (Wildman–Crippen MR) is 92.0 cm³/mol. The van der Waals surface area contributed by atoms with Crippen LogP contribution in [0.5, 0.6) is 0 Å². The first-order valence-corrected chi connectivity index (χ1v) is 7.87. The molecule has 2 atom stereocenters. The second-order valence-corrected chi connectivity index (χ2v) is 7.68. The van der Waals surface area contributed by atoms with Crippen molar-refractivity contribution in [1.29, 1.82) is 0 Å². The molecule has 1 aromatic carbocycles. The Hall–Kier alpha value is -0.730. The summed E-state index contributed by atoms with van der Waals surface area (Å²) in [6.07, 6.45) is 7.71. The van der Waals surface area contributed by atoms with Crippen molar-refractivity contribution < 1.29 is 9.90 Å². The van der Waals surface area contributed by atoms with Crippen LogP contribution < -0.4 is 0 Å². The highest BCUT2D eigenvalue weighted by atomic mass is 35.5. The molecule has 0 amide bonds. The van der Waals surface area contributed by atoms with E-state index in [1.54, 1.807) is 0 Å². The molecule has 5 rings (SSSR count). The number of carbonyl (C=O) groups is 1. The largest absolute Gasteiger partial charge is 0.481 e. The van der Waals surface area contributed by atoms with Crippen molar-refractivity contribution in [2.45, 2.75) is 50.4 Å². The summed E-state index contributed by atoms with van der Waals surface area (Å²) in [5.41, 5.74) is 1.83. The Morgan fingerprint density at radius 2 is 1.64 bits per heavy atom. The minimum Gasteiger partial charge on any atom is -0.481 e. The maximum absolute atomic E-state index is 11.3. The van der Waals surface area contributed by atoms with Crippen LogP contribution in [0.4, 0.5) is 0 Å². The van der Waals surface area contributed by atoms with Crippen molar-refractivity contribution in [3.63, 3.8) is 0 Å². The van der Waals surface area contributed by atoms with E-state index >= 15 is 0 Å². The van der Waals surface area contributed by atoms with Crippen LogP contribution in [0.1, 0.15) is 50.5 Å². The first-order chi connectivity index (χ1) is 9.59. The number of carboxylic acid groups (broad SMARTS) is 1. The average molecular weight is 343 g/mol. The number of hydrogen-bond donors (Lipinski definition) is 1. The topological polar surface area (TPSA) is 37.3 Å². The van der Waals surface area contributed by atoms with Crippen LogP contribution in [0.3, 0.4) is 0 Å². The molecule has 0 aliphatic heterocycles. The zero-order valence-corrected chi connectivity index (χ0v) is 14.3. The van der Waals surface area contributed by atoms with Crippen molar-refractivity contribution in [2.75, 3.05) is 0 Å².